The molecule has 0 unspecified atom stereocenters. The summed E-state index contributed by atoms with van der Waals surface area (Å²) in [5.41, 5.74) is 4.85. The minimum Gasteiger partial charge on any atom is -0.381 e. The van der Waals surface area contributed by atoms with E-state index in [0.717, 1.165) is 27.9 Å². The molecule has 0 saturated carbocycles. The van der Waals surface area contributed by atoms with E-state index in [1.165, 1.54) is 0 Å². The molecule has 0 aliphatic rings. The van der Waals surface area contributed by atoms with Gasteiger partial charge in [-0.05, 0) is 61.2 Å². The molecule has 3 N–H and O–H groups in total. The molecule has 112 valence electrons. The zero-order valence-electron chi connectivity index (χ0n) is 12.3. The van der Waals surface area contributed by atoms with E-state index >= 15 is 0 Å². The van der Waals surface area contributed by atoms with Crippen LogP contribution in [0.3, 0.4) is 0 Å². The maximum absolute atomic E-state index is 11.5. The maximum Gasteiger partial charge on any atom is 0.238 e. The first-order valence-electron chi connectivity index (χ1n) is 6.56. The summed E-state index contributed by atoms with van der Waals surface area (Å²) < 4.78 is 23.0. The number of sulfonamides is 1. The average molecular weight is 305 g/mol. The van der Waals surface area contributed by atoms with Gasteiger partial charge in [-0.1, -0.05) is 0 Å². The Morgan fingerprint density at radius 1 is 1.19 bits per heavy atom. The molecule has 2 rings (SSSR count). The van der Waals surface area contributed by atoms with Crippen LogP contribution < -0.4 is 10.5 Å². The zero-order chi connectivity index (χ0) is 15.6. The van der Waals surface area contributed by atoms with Crippen LogP contribution in [0, 0.1) is 20.8 Å². The van der Waals surface area contributed by atoms with E-state index in [0.29, 0.717) is 6.54 Å². The van der Waals surface area contributed by atoms with Crippen molar-refractivity contribution >= 4 is 15.7 Å². The summed E-state index contributed by atoms with van der Waals surface area (Å²) in [4.78, 5) is 4.22. The predicted octanol–water partition coefficient (Wildman–Crippen LogP) is 2.27. The number of rotatable bonds is 4. The molecule has 0 radical (unpaired) electrons. The van der Waals surface area contributed by atoms with Crippen LogP contribution >= 0.6 is 0 Å². The van der Waals surface area contributed by atoms with Crippen LogP contribution in [-0.4, -0.2) is 13.4 Å². The van der Waals surface area contributed by atoms with Crippen LogP contribution in [0.2, 0.25) is 0 Å². The van der Waals surface area contributed by atoms with Gasteiger partial charge in [-0.25, -0.2) is 13.6 Å². The first-order chi connectivity index (χ1) is 9.79. The third kappa shape index (κ3) is 3.59. The summed E-state index contributed by atoms with van der Waals surface area (Å²) in [6.45, 7) is 6.40. The third-order valence-electron chi connectivity index (χ3n) is 3.59. The quantitative estimate of drug-likeness (QED) is 0.907. The van der Waals surface area contributed by atoms with Gasteiger partial charge in [0.2, 0.25) is 10.0 Å². The lowest BCUT2D eigenvalue weighted by Crippen LogP contribution is -2.13. The number of aromatic nitrogens is 1. The predicted molar refractivity (Wildman–Crippen MR) is 83.6 cm³/mol. The van der Waals surface area contributed by atoms with Crippen LogP contribution in [0.25, 0.3) is 0 Å². The number of benzene rings is 1. The molecule has 0 aliphatic carbocycles. The highest BCUT2D eigenvalue weighted by atomic mass is 32.2. The zero-order valence-corrected chi connectivity index (χ0v) is 13.2. The Labute approximate surface area is 125 Å². The molecular weight excluding hydrogens is 286 g/mol. The fourth-order valence-electron chi connectivity index (χ4n) is 2.05. The second kappa shape index (κ2) is 5.83. The van der Waals surface area contributed by atoms with Crippen molar-refractivity contribution in [3.05, 3.63) is 52.8 Å². The standard InChI is InChI=1S/C15H19N3O2S/c1-10-4-5-17-8-13(10)9-18-15-7-14(21(16,19)20)6-11(2)12(15)3/h4-8,18H,9H2,1-3H3,(H2,16,19,20). The summed E-state index contributed by atoms with van der Waals surface area (Å²) in [7, 11) is -3.71. The van der Waals surface area contributed by atoms with Crippen LogP contribution in [0.4, 0.5) is 5.69 Å². The van der Waals surface area contributed by atoms with Crippen molar-refractivity contribution < 1.29 is 8.42 Å². The summed E-state index contributed by atoms with van der Waals surface area (Å²) >= 11 is 0. The monoisotopic (exact) mass is 305 g/mol. The first kappa shape index (κ1) is 15.5. The number of nitrogens with zero attached hydrogens (tertiary/aromatic N) is 1. The summed E-state index contributed by atoms with van der Waals surface area (Å²) in [5, 5.41) is 8.47. The molecule has 6 heteroatoms. The largest absolute Gasteiger partial charge is 0.381 e. The number of pyridine rings is 1. The third-order valence-corrected chi connectivity index (χ3v) is 4.48. The fourth-order valence-corrected chi connectivity index (χ4v) is 2.67. The van der Waals surface area contributed by atoms with E-state index in [4.69, 9.17) is 5.14 Å². The molecule has 0 fully saturated rings. The van der Waals surface area contributed by atoms with E-state index in [1.807, 2.05) is 26.8 Å². The van der Waals surface area contributed by atoms with E-state index in [9.17, 15) is 8.42 Å². The van der Waals surface area contributed by atoms with Crippen molar-refractivity contribution in [1.82, 2.24) is 4.98 Å². The Balaban J connectivity index is 2.32. The fraction of sp³-hybridized carbons (Fsp3) is 0.267. The highest BCUT2D eigenvalue weighted by Crippen LogP contribution is 2.24. The van der Waals surface area contributed by atoms with Crippen molar-refractivity contribution in [2.45, 2.75) is 32.2 Å². The maximum atomic E-state index is 11.5. The molecule has 1 aromatic carbocycles. The van der Waals surface area contributed by atoms with Crippen molar-refractivity contribution in [3.8, 4) is 0 Å². The topological polar surface area (TPSA) is 85.1 Å². The number of nitrogens with one attached hydrogen (secondary N) is 1. The minimum absolute atomic E-state index is 0.121. The first-order valence-corrected chi connectivity index (χ1v) is 8.11. The lowest BCUT2D eigenvalue weighted by molar-refractivity contribution is 0.597. The Hall–Kier alpha value is -1.92. The lowest BCUT2D eigenvalue weighted by atomic mass is 10.1. The van der Waals surface area contributed by atoms with Gasteiger partial charge in [0.05, 0.1) is 4.90 Å². The lowest BCUT2D eigenvalue weighted by Gasteiger charge is -2.14. The van der Waals surface area contributed by atoms with Gasteiger partial charge in [-0.15, -0.1) is 0 Å². The van der Waals surface area contributed by atoms with Crippen molar-refractivity contribution in [3.63, 3.8) is 0 Å². The van der Waals surface area contributed by atoms with E-state index in [-0.39, 0.29) is 4.90 Å². The average Bonchev–Trinajstić information content (AvgIpc) is 2.40. The number of anilines is 1. The van der Waals surface area contributed by atoms with Gasteiger partial charge < -0.3 is 5.32 Å². The van der Waals surface area contributed by atoms with E-state index < -0.39 is 10.0 Å². The molecule has 21 heavy (non-hydrogen) atoms. The Bertz CT molecular complexity index is 770. The number of aryl methyl sites for hydroxylation is 2. The van der Waals surface area contributed by atoms with Gasteiger partial charge in [-0.3, -0.25) is 4.98 Å². The smallest absolute Gasteiger partial charge is 0.238 e. The number of primary sulfonamides is 1. The van der Waals surface area contributed by atoms with E-state index in [1.54, 1.807) is 24.5 Å². The van der Waals surface area contributed by atoms with Gasteiger partial charge in [0.1, 0.15) is 0 Å². The van der Waals surface area contributed by atoms with Crippen LogP contribution in [-0.2, 0) is 16.6 Å². The molecule has 0 saturated heterocycles. The highest BCUT2D eigenvalue weighted by Gasteiger charge is 2.12. The van der Waals surface area contributed by atoms with Crippen molar-refractivity contribution in [1.29, 1.82) is 0 Å². The molecule has 0 atom stereocenters. The van der Waals surface area contributed by atoms with Gasteiger partial charge in [-0.2, -0.15) is 0 Å². The summed E-state index contributed by atoms with van der Waals surface area (Å²) in [6.07, 6.45) is 3.55. The highest BCUT2D eigenvalue weighted by molar-refractivity contribution is 7.89. The summed E-state index contributed by atoms with van der Waals surface area (Å²) in [5.74, 6) is 0. The molecule has 1 aromatic heterocycles. The molecule has 2 aromatic rings. The van der Waals surface area contributed by atoms with Crippen LogP contribution in [0.1, 0.15) is 22.3 Å². The Morgan fingerprint density at radius 3 is 2.52 bits per heavy atom. The second-order valence-corrected chi connectivity index (χ2v) is 6.67. The van der Waals surface area contributed by atoms with Crippen molar-refractivity contribution in [2.75, 3.05) is 5.32 Å². The van der Waals surface area contributed by atoms with Crippen LogP contribution in [0.5, 0.6) is 0 Å². The van der Waals surface area contributed by atoms with Gasteiger partial charge in [0.25, 0.3) is 0 Å². The summed E-state index contributed by atoms with van der Waals surface area (Å²) in [6, 6.07) is 5.10. The normalized spacial score (nSPS) is 11.4. The molecular formula is C15H19N3O2S. The molecule has 1 heterocycles. The van der Waals surface area contributed by atoms with Crippen molar-refractivity contribution in [2.24, 2.45) is 5.14 Å². The number of nitrogens with two attached hydrogens (primary N) is 1. The minimum atomic E-state index is -3.71. The Kier molecular flexibility index (Phi) is 4.29. The molecule has 0 aliphatic heterocycles. The van der Waals surface area contributed by atoms with Crippen LogP contribution in [0.15, 0.2) is 35.5 Å². The molecule has 0 bridgehead atoms. The Morgan fingerprint density at radius 2 is 1.90 bits per heavy atom. The van der Waals surface area contributed by atoms with Gasteiger partial charge >= 0.3 is 0 Å². The number of hydrogen-bond donors (Lipinski definition) is 2. The van der Waals surface area contributed by atoms with Gasteiger partial charge in [0, 0.05) is 24.6 Å². The number of hydrogen-bond acceptors (Lipinski definition) is 4. The molecule has 0 spiro atoms. The SMILES string of the molecule is Cc1ccncc1CNc1cc(S(N)(=O)=O)cc(C)c1C. The molecule has 5 nitrogen and oxygen atoms in total. The molecule has 0 amide bonds. The van der Waals surface area contributed by atoms with E-state index in [2.05, 4.69) is 10.3 Å². The second-order valence-electron chi connectivity index (χ2n) is 5.11. The van der Waals surface area contributed by atoms with Gasteiger partial charge in [0.15, 0.2) is 0 Å².